The molecule has 0 radical (unpaired) electrons. The zero-order valence-corrected chi connectivity index (χ0v) is 17.3. The lowest BCUT2D eigenvalue weighted by molar-refractivity contribution is -0.137. The summed E-state index contributed by atoms with van der Waals surface area (Å²) in [5, 5.41) is 0. The van der Waals surface area contributed by atoms with E-state index in [1.54, 1.807) is 29.2 Å². The number of benzene rings is 2. The number of hydrogen-bond acceptors (Lipinski definition) is 3. The number of aryl methyl sites for hydroxylation is 1. The van der Waals surface area contributed by atoms with Crippen molar-refractivity contribution in [2.24, 2.45) is 0 Å². The molecule has 2 aromatic carbocycles. The Morgan fingerprint density at radius 2 is 1.70 bits per heavy atom. The first-order valence-corrected chi connectivity index (χ1v) is 11.1. The summed E-state index contributed by atoms with van der Waals surface area (Å²) in [5.74, 6) is -0.163. The topological polar surface area (TPSA) is 57.7 Å². The van der Waals surface area contributed by atoms with Crippen LogP contribution in [-0.2, 0) is 21.0 Å². The van der Waals surface area contributed by atoms with Crippen LogP contribution in [0.25, 0.3) is 0 Å². The van der Waals surface area contributed by atoms with Crippen LogP contribution < -0.4 is 4.31 Å². The minimum atomic E-state index is -4.66. The molecule has 162 valence electrons. The molecule has 3 rings (SSSR count). The third-order valence-electron chi connectivity index (χ3n) is 5.06. The zero-order chi connectivity index (χ0) is 21.9. The van der Waals surface area contributed by atoms with Crippen LogP contribution in [0, 0.1) is 6.92 Å². The summed E-state index contributed by atoms with van der Waals surface area (Å²) in [7, 11) is -4.31. The third-order valence-corrected chi connectivity index (χ3v) is 6.88. The highest BCUT2D eigenvalue weighted by atomic mass is 32.2. The number of rotatable bonds is 6. The molecule has 2 aromatic rings. The van der Waals surface area contributed by atoms with Crippen LogP contribution in [0.2, 0.25) is 0 Å². The molecule has 0 spiro atoms. The van der Waals surface area contributed by atoms with Gasteiger partial charge in [0.1, 0.15) is 0 Å². The molecular formula is C21H23F3N2O3S. The quantitative estimate of drug-likeness (QED) is 0.676. The molecule has 1 aliphatic heterocycles. The third kappa shape index (κ3) is 4.95. The monoisotopic (exact) mass is 440 g/mol. The minimum Gasteiger partial charge on any atom is -0.343 e. The summed E-state index contributed by atoms with van der Waals surface area (Å²) < 4.78 is 66.8. The van der Waals surface area contributed by atoms with E-state index < -0.39 is 26.7 Å². The van der Waals surface area contributed by atoms with Crippen LogP contribution in [-0.4, -0.2) is 38.9 Å². The Labute approximate surface area is 174 Å². The Kier molecular flexibility index (Phi) is 6.40. The number of halogens is 3. The second-order valence-corrected chi connectivity index (χ2v) is 9.14. The van der Waals surface area contributed by atoms with Gasteiger partial charge >= 0.3 is 6.18 Å². The van der Waals surface area contributed by atoms with Gasteiger partial charge in [-0.25, -0.2) is 8.42 Å². The fraction of sp³-hybridized carbons (Fsp3) is 0.381. The number of likely N-dealkylation sites (tertiary alicyclic amines) is 1. The number of alkyl halides is 3. The van der Waals surface area contributed by atoms with Crippen LogP contribution in [0.3, 0.4) is 0 Å². The zero-order valence-electron chi connectivity index (χ0n) is 16.5. The van der Waals surface area contributed by atoms with Crippen molar-refractivity contribution in [3.63, 3.8) is 0 Å². The SMILES string of the molecule is Cc1ccc(N(CCC(=O)N2CCCC2)S(=O)(=O)c2cccc(C(F)(F)F)c2)cc1. The van der Waals surface area contributed by atoms with Gasteiger partial charge in [0, 0.05) is 26.1 Å². The standard InChI is InChI=1S/C21H23F3N2O3S/c1-16-7-9-18(10-8-16)26(14-11-20(27)25-12-2-3-13-25)30(28,29)19-6-4-5-17(15-19)21(22,23)24/h4-10,15H,2-3,11-14H2,1H3. The van der Waals surface area contributed by atoms with Crippen molar-refractivity contribution in [2.45, 2.75) is 37.3 Å². The molecule has 5 nitrogen and oxygen atoms in total. The van der Waals surface area contributed by atoms with Gasteiger partial charge in [-0.15, -0.1) is 0 Å². The first kappa shape index (κ1) is 22.1. The Morgan fingerprint density at radius 1 is 1.07 bits per heavy atom. The average Bonchev–Trinajstić information content (AvgIpc) is 3.23. The molecule has 9 heteroatoms. The number of nitrogens with zero attached hydrogens (tertiary/aromatic N) is 2. The number of amides is 1. The van der Waals surface area contributed by atoms with E-state index in [0.29, 0.717) is 24.8 Å². The number of carbonyl (C=O) groups is 1. The van der Waals surface area contributed by atoms with Gasteiger partial charge in [-0.1, -0.05) is 23.8 Å². The molecule has 1 fully saturated rings. The number of hydrogen-bond donors (Lipinski definition) is 0. The lowest BCUT2D eigenvalue weighted by Gasteiger charge is -2.26. The van der Waals surface area contributed by atoms with E-state index in [1.807, 2.05) is 6.92 Å². The van der Waals surface area contributed by atoms with Gasteiger partial charge in [-0.3, -0.25) is 9.10 Å². The molecule has 0 aliphatic carbocycles. The molecule has 1 heterocycles. The summed E-state index contributed by atoms with van der Waals surface area (Å²) in [6.45, 7) is 2.97. The fourth-order valence-electron chi connectivity index (χ4n) is 3.38. The second-order valence-electron chi connectivity index (χ2n) is 7.28. The number of anilines is 1. The lowest BCUT2D eigenvalue weighted by Crippen LogP contribution is -2.36. The maximum atomic E-state index is 13.3. The van der Waals surface area contributed by atoms with Gasteiger partial charge < -0.3 is 4.90 Å². The van der Waals surface area contributed by atoms with E-state index in [4.69, 9.17) is 0 Å². The van der Waals surface area contributed by atoms with Crippen LogP contribution >= 0.6 is 0 Å². The molecule has 0 atom stereocenters. The normalized spacial score (nSPS) is 14.7. The molecular weight excluding hydrogens is 417 g/mol. The van der Waals surface area contributed by atoms with Crippen molar-refractivity contribution >= 4 is 21.6 Å². The largest absolute Gasteiger partial charge is 0.416 e. The molecule has 1 aliphatic rings. The van der Waals surface area contributed by atoms with Gasteiger partial charge in [0.25, 0.3) is 10.0 Å². The van der Waals surface area contributed by atoms with E-state index >= 15 is 0 Å². The van der Waals surface area contributed by atoms with E-state index in [2.05, 4.69) is 0 Å². The van der Waals surface area contributed by atoms with Gasteiger partial charge in [-0.2, -0.15) is 13.2 Å². The van der Waals surface area contributed by atoms with Gasteiger partial charge in [0.2, 0.25) is 5.91 Å². The maximum absolute atomic E-state index is 13.3. The van der Waals surface area contributed by atoms with Crippen molar-refractivity contribution in [3.05, 3.63) is 59.7 Å². The summed E-state index contributed by atoms with van der Waals surface area (Å²) in [4.78, 5) is 13.7. The maximum Gasteiger partial charge on any atom is 0.416 e. The first-order chi connectivity index (χ1) is 14.1. The fourth-order valence-corrected chi connectivity index (χ4v) is 4.89. The molecule has 30 heavy (non-hydrogen) atoms. The van der Waals surface area contributed by atoms with E-state index in [9.17, 15) is 26.4 Å². The predicted molar refractivity (Wildman–Crippen MR) is 108 cm³/mol. The molecule has 0 saturated carbocycles. The Hall–Kier alpha value is -2.55. The smallest absolute Gasteiger partial charge is 0.343 e. The Morgan fingerprint density at radius 3 is 2.30 bits per heavy atom. The van der Waals surface area contributed by atoms with Crippen LogP contribution in [0.15, 0.2) is 53.4 Å². The van der Waals surface area contributed by atoms with E-state index in [-0.39, 0.29) is 18.9 Å². The van der Waals surface area contributed by atoms with Crippen LogP contribution in [0.5, 0.6) is 0 Å². The molecule has 0 aromatic heterocycles. The van der Waals surface area contributed by atoms with Gasteiger partial charge in [0.15, 0.2) is 0 Å². The van der Waals surface area contributed by atoms with E-state index in [1.165, 1.54) is 0 Å². The summed E-state index contributed by atoms with van der Waals surface area (Å²) >= 11 is 0. The van der Waals surface area contributed by atoms with Crippen LogP contribution in [0.1, 0.15) is 30.4 Å². The summed E-state index contributed by atoms with van der Waals surface area (Å²) in [5.41, 5.74) is 0.163. The predicted octanol–water partition coefficient (Wildman–Crippen LogP) is 4.22. The minimum absolute atomic E-state index is 0.0495. The molecule has 0 unspecified atom stereocenters. The number of sulfonamides is 1. The molecule has 1 saturated heterocycles. The van der Waals surface area contributed by atoms with Crippen molar-refractivity contribution in [1.82, 2.24) is 4.90 Å². The molecule has 0 bridgehead atoms. The van der Waals surface area contributed by atoms with Crippen LogP contribution in [0.4, 0.5) is 18.9 Å². The second kappa shape index (κ2) is 8.67. The Bertz CT molecular complexity index is 999. The highest BCUT2D eigenvalue weighted by Crippen LogP contribution is 2.32. The van der Waals surface area contributed by atoms with E-state index in [0.717, 1.165) is 40.9 Å². The highest BCUT2D eigenvalue weighted by Gasteiger charge is 2.33. The van der Waals surface area contributed by atoms with Crippen molar-refractivity contribution in [2.75, 3.05) is 23.9 Å². The average molecular weight is 440 g/mol. The van der Waals surface area contributed by atoms with Gasteiger partial charge in [0.05, 0.1) is 16.1 Å². The lowest BCUT2D eigenvalue weighted by atomic mass is 10.2. The first-order valence-electron chi connectivity index (χ1n) is 9.63. The van der Waals surface area contributed by atoms with Crippen molar-refractivity contribution < 1.29 is 26.4 Å². The van der Waals surface area contributed by atoms with Gasteiger partial charge in [-0.05, 0) is 50.1 Å². The molecule has 0 N–H and O–H groups in total. The highest BCUT2D eigenvalue weighted by molar-refractivity contribution is 7.92. The van der Waals surface area contributed by atoms with Crippen molar-refractivity contribution in [1.29, 1.82) is 0 Å². The Balaban J connectivity index is 1.94. The van der Waals surface area contributed by atoms with Crippen molar-refractivity contribution in [3.8, 4) is 0 Å². The summed E-state index contributed by atoms with van der Waals surface area (Å²) in [6.07, 6.45) is -2.89. The number of carbonyl (C=O) groups excluding carboxylic acids is 1. The molecule has 1 amide bonds. The summed E-state index contributed by atoms with van der Waals surface area (Å²) in [6, 6.07) is 10.2.